The molecule has 35 heavy (non-hydrogen) atoms. The molecule has 7 nitrogen and oxygen atoms in total. The number of benzene rings is 3. The van der Waals surface area contributed by atoms with Gasteiger partial charge in [-0.2, -0.15) is 5.26 Å². The third-order valence-electron chi connectivity index (χ3n) is 4.96. The Balaban J connectivity index is 1.55. The summed E-state index contributed by atoms with van der Waals surface area (Å²) in [6, 6.07) is 21.7. The number of aromatic nitrogens is 3. The lowest BCUT2D eigenvalue weighted by atomic mass is 10.2. The van der Waals surface area contributed by atoms with Gasteiger partial charge in [0.25, 0.3) is 0 Å². The number of hydrogen-bond donors (Lipinski definition) is 2. The second kappa shape index (κ2) is 11.3. The normalized spacial score (nSPS) is 10.6. The van der Waals surface area contributed by atoms with E-state index in [2.05, 4.69) is 33.0 Å². The number of hydrogen-bond acceptors (Lipinski definition) is 5. The Hall–Kier alpha value is -3.51. The molecule has 0 aliphatic heterocycles. The first kappa shape index (κ1) is 24.6. The lowest BCUT2D eigenvalue weighted by Gasteiger charge is -2.13. The number of carbonyl (C=O) groups is 1. The second-order valence-electron chi connectivity index (χ2n) is 7.61. The molecule has 0 atom stereocenters. The third-order valence-corrected chi connectivity index (χ3v) is 6.51. The summed E-state index contributed by atoms with van der Waals surface area (Å²) in [7, 11) is 0. The fraction of sp³-hybridized carbons (Fsp3) is 0.120. The third kappa shape index (κ3) is 6.34. The van der Waals surface area contributed by atoms with Gasteiger partial charge in [-0.05, 0) is 48.9 Å². The van der Waals surface area contributed by atoms with Crippen molar-refractivity contribution < 1.29 is 4.79 Å². The Labute approximate surface area is 217 Å². The summed E-state index contributed by atoms with van der Waals surface area (Å²) < 4.78 is 1.80. The van der Waals surface area contributed by atoms with Crippen LogP contribution < -0.4 is 10.6 Å². The van der Waals surface area contributed by atoms with Crippen molar-refractivity contribution in [2.24, 2.45) is 0 Å². The highest BCUT2D eigenvalue weighted by Crippen LogP contribution is 2.31. The molecular weight excluding hydrogens is 503 g/mol. The molecule has 3 aromatic carbocycles. The summed E-state index contributed by atoms with van der Waals surface area (Å²) in [6.07, 6.45) is 0. The predicted octanol–water partition coefficient (Wildman–Crippen LogP) is 6.37. The van der Waals surface area contributed by atoms with Crippen LogP contribution in [0, 0.1) is 18.3 Å². The Morgan fingerprint density at radius 3 is 2.71 bits per heavy atom. The number of nitriles is 1. The Morgan fingerprint density at radius 2 is 1.91 bits per heavy atom. The van der Waals surface area contributed by atoms with E-state index >= 15 is 0 Å². The van der Waals surface area contributed by atoms with Gasteiger partial charge in [0.15, 0.2) is 11.0 Å². The highest BCUT2D eigenvalue weighted by Gasteiger charge is 2.18. The molecule has 0 spiro atoms. The molecule has 4 rings (SSSR count). The van der Waals surface area contributed by atoms with Crippen LogP contribution in [0.4, 0.5) is 10.5 Å². The lowest BCUT2D eigenvalue weighted by molar-refractivity contribution is 0.251. The maximum absolute atomic E-state index is 12.5. The zero-order valence-corrected chi connectivity index (χ0v) is 21.0. The molecule has 0 saturated heterocycles. The van der Waals surface area contributed by atoms with Crippen LogP contribution in [0.5, 0.6) is 0 Å². The van der Waals surface area contributed by atoms with E-state index in [-0.39, 0.29) is 6.54 Å². The molecule has 1 heterocycles. The number of rotatable bonds is 7. The molecule has 0 aliphatic rings. The van der Waals surface area contributed by atoms with E-state index in [1.54, 1.807) is 47.0 Å². The monoisotopic (exact) mass is 522 g/mol. The first-order valence-electron chi connectivity index (χ1n) is 10.6. The van der Waals surface area contributed by atoms with Crippen molar-refractivity contribution in [3.63, 3.8) is 0 Å². The van der Waals surface area contributed by atoms with Gasteiger partial charge in [-0.3, -0.25) is 4.57 Å². The molecule has 0 unspecified atom stereocenters. The van der Waals surface area contributed by atoms with Gasteiger partial charge >= 0.3 is 6.03 Å². The van der Waals surface area contributed by atoms with Gasteiger partial charge in [0, 0.05) is 16.5 Å². The Morgan fingerprint density at radius 1 is 1.09 bits per heavy atom. The van der Waals surface area contributed by atoms with Crippen molar-refractivity contribution in [1.82, 2.24) is 20.1 Å². The smallest absolute Gasteiger partial charge is 0.319 e. The molecule has 0 aliphatic carbocycles. The van der Waals surface area contributed by atoms with Gasteiger partial charge in [0.1, 0.15) is 0 Å². The van der Waals surface area contributed by atoms with Crippen molar-refractivity contribution in [2.75, 3.05) is 5.32 Å². The summed E-state index contributed by atoms with van der Waals surface area (Å²) in [5.41, 5.74) is 3.91. The molecule has 0 saturated carbocycles. The van der Waals surface area contributed by atoms with E-state index in [4.69, 9.17) is 28.5 Å². The Kier molecular flexibility index (Phi) is 7.93. The predicted molar refractivity (Wildman–Crippen MR) is 139 cm³/mol. The molecule has 2 amide bonds. The average Bonchev–Trinajstić information content (AvgIpc) is 3.25. The highest BCUT2D eigenvalue weighted by atomic mass is 35.5. The van der Waals surface area contributed by atoms with Crippen LogP contribution in [0.2, 0.25) is 10.0 Å². The van der Waals surface area contributed by atoms with Crippen LogP contribution >= 0.6 is 35.0 Å². The molecule has 1 aromatic heterocycles. The van der Waals surface area contributed by atoms with Crippen molar-refractivity contribution in [1.29, 1.82) is 5.26 Å². The van der Waals surface area contributed by atoms with Gasteiger partial charge in [-0.15, -0.1) is 10.2 Å². The van der Waals surface area contributed by atoms with Gasteiger partial charge in [0.2, 0.25) is 0 Å². The van der Waals surface area contributed by atoms with Crippen molar-refractivity contribution in [2.45, 2.75) is 24.4 Å². The fourth-order valence-electron chi connectivity index (χ4n) is 3.36. The maximum Gasteiger partial charge on any atom is 0.319 e. The number of thioether (sulfide) groups is 1. The SMILES string of the molecule is Cc1cccc(CSc2nnc(CNC(=O)Nc3cccc(C#N)c3)n2-c2cc(Cl)ccc2Cl)c1. The van der Waals surface area contributed by atoms with E-state index in [0.29, 0.717) is 43.7 Å². The van der Waals surface area contributed by atoms with E-state index < -0.39 is 6.03 Å². The van der Waals surface area contributed by atoms with Gasteiger partial charge in [-0.1, -0.05) is 70.9 Å². The van der Waals surface area contributed by atoms with Crippen molar-refractivity contribution in [3.05, 3.63) is 99.3 Å². The minimum Gasteiger partial charge on any atom is -0.331 e. The minimum atomic E-state index is -0.444. The molecule has 0 radical (unpaired) electrons. The summed E-state index contributed by atoms with van der Waals surface area (Å²) in [6.45, 7) is 2.14. The maximum atomic E-state index is 12.5. The van der Waals surface area contributed by atoms with Gasteiger partial charge in [0.05, 0.1) is 28.9 Å². The van der Waals surface area contributed by atoms with Crippen LogP contribution in [0.3, 0.4) is 0 Å². The van der Waals surface area contributed by atoms with Crippen LogP contribution in [-0.4, -0.2) is 20.8 Å². The van der Waals surface area contributed by atoms with Crippen LogP contribution in [0.15, 0.2) is 71.9 Å². The van der Waals surface area contributed by atoms with Crippen LogP contribution in [-0.2, 0) is 12.3 Å². The zero-order valence-electron chi connectivity index (χ0n) is 18.6. The number of amides is 2. The molecule has 0 fully saturated rings. The molecule has 176 valence electrons. The standard InChI is InChI=1S/C25H20Cl2N6OS/c1-16-4-2-6-18(10-16)15-35-25-32-31-23(33(25)22-12-19(26)8-9-21(22)27)14-29-24(34)30-20-7-3-5-17(11-20)13-28/h2-12H,14-15H2,1H3,(H2,29,30,34). The number of urea groups is 1. The van der Waals surface area contributed by atoms with Crippen molar-refractivity contribution in [3.8, 4) is 11.8 Å². The molecule has 0 bridgehead atoms. The summed E-state index contributed by atoms with van der Waals surface area (Å²) in [5, 5.41) is 24.8. The second-order valence-corrected chi connectivity index (χ2v) is 9.39. The van der Waals surface area contributed by atoms with Gasteiger partial charge < -0.3 is 10.6 Å². The summed E-state index contributed by atoms with van der Waals surface area (Å²) >= 11 is 14.3. The number of anilines is 1. The molecule has 2 N–H and O–H groups in total. The first-order valence-corrected chi connectivity index (χ1v) is 12.3. The molecule has 10 heteroatoms. The minimum absolute atomic E-state index is 0.0879. The number of halogens is 2. The first-order chi connectivity index (χ1) is 16.9. The average molecular weight is 523 g/mol. The van der Waals surface area contributed by atoms with Crippen LogP contribution in [0.25, 0.3) is 5.69 Å². The zero-order chi connectivity index (χ0) is 24.8. The number of nitrogens with one attached hydrogen (secondary N) is 2. The van der Waals surface area contributed by atoms with Crippen LogP contribution in [0.1, 0.15) is 22.5 Å². The van der Waals surface area contributed by atoms with E-state index in [9.17, 15) is 4.79 Å². The summed E-state index contributed by atoms with van der Waals surface area (Å²) in [4.78, 5) is 12.5. The Bertz CT molecular complexity index is 1420. The largest absolute Gasteiger partial charge is 0.331 e. The van der Waals surface area contributed by atoms with E-state index in [1.807, 2.05) is 25.1 Å². The van der Waals surface area contributed by atoms with E-state index in [1.165, 1.54) is 17.3 Å². The quantitative estimate of drug-likeness (QED) is 0.275. The number of carbonyl (C=O) groups excluding carboxylic acids is 1. The fourth-order valence-corrected chi connectivity index (χ4v) is 4.63. The van der Waals surface area contributed by atoms with E-state index in [0.717, 1.165) is 5.56 Å². The molecular formula is C25H20Cl2N6OS. The molecule has 4 aromatic rings. The number of nitrogens with zero attached hydrogens (tertiary/aromatic N) is 4. The van der Waals surface area contributed by atoms with Crippen molar-refractivity contribution >= 4 is 46.7 Å². The summed E-state index contributed by atoms with van der Waals surface area (Å²) in [5.74, 6) is 1.17. The lowest BCUT2D eigenvalue weighted by Crippen LogP contribution is -2.29. The number of aryl methyl sites for hydroxylation is 1. The van der Waals surface area contributed by atoms with Gasteiger partial charge in [-0.25, -0.2) is 4.79 Å². The highest BCUT2D eigenvalue weighted by molar-refractivity contribution is 7.98. The topological polar surface area (TPSA) is 95.6 Å².